The lowest BCUT2D eigenvalue weighted by molar-refractivity contribution is 0.511. The molecule has 0 radical (unpaired) electrons. The Labute approximate surface area is 105 Å². The molecule has 94 valence electrons. The number of hydrogen-bond donors (Lipinski definition) is 1. The standard InChI is InChI=1S/C15H24N2/c1-3-16-13(2)7-6-11-17-12-10-14-8-4-5-9-15(14)17/h4-5,8-9,13,16H,3,6-7,10-12H2,1-2H3. The maximum atomic E-state index is 3.47. The predicted molar refractivity (Wildman–Crippen MR) is 74.7 cm³/mol. The molecule has 0 bridgehead atoms. The van der Waals surface area contributed by atoms with Gasteiger partial charge in [0.2, 0.25) is 0 Å². The van der Waals surface area contributed by atoms with Gasteiger partial charge in [-0.15, -0.1) is 0 Å². The summed E-state index contributed by atoms with van der Waals surface area (Å²) in [5.74, 6) is 0. The number of anilines is 1. The zero-order valence-electron chi connectivity index (χ0n) is 11.1. The molecule has 1 aliphatic heterocycles. The molecule has 1 aromatic carbocycles. The molecule has 0 aromatic heterocycles. The SMILES string of the molecule is CCNC(C)CCCN1CCc2ccccc21. The summed E-state index contributed by atoms with van der Waals surface area (Å²) in [6.07, 6.45) is 3.77. The zero-order chi connectivity index (χ0) is 12.1. The van der Waals surface area contributed by atoms with Crippen LogP contribution < -0.4 is 10.2 Å². The Morgan fingerprint density at radius 1 is 1.35 bits per heavy atom. The Balaban J connectivity index is 1.78. The smallest absolute Gasteiger partial charge is 0.0399 e. The van der Waals surface area contributed by atoms with Crippen molar-refractivity contribution in [2.45, 2.75) is 39.2 Å². The molecule has 0 saturated heterocycles. The third kappa shape index (κ3) is 3.22. The molecule has 1 unspecified atom stereocenters. The van der Waals surface area contributed by atoms with E-state index in [-0.39, 0.29) is 0 Å². The van der Waals surface area contributed by atoms with E-state index in [1.54, 1.807) is 0 Å². The highest BCUT2D eigenvalue weighted by atomic mass is 15.1. The van der Waals surface area contributed by atoms with Crippen molar-refractivity contribution in [3.8, 4) is 0 Å². The number of hydrogen-bond acceptors (Lipinski definition) is 2. The zero-order valence-corrected chi connectivity index (χ0v) is 11.1. The van der Waals surface area contributed by atoms with Crippen molar-refractivity contribution in [2.24, 2.45) is 0 Å². The Morgan fingerprint density at radius 3 is 3.00 bits per heavy atom. The van der Waals surface area contributed by atoms with Crippen molar-refractivity contribution >= 4 is 5.69 Å². The van der Waals surface area contributed by atoms with Crippen LogP contribution in [0.5, 0.6) is 0 Å². The highest BCUT2D eigenvalue weighted by molar-refractivity contribution is 5.57. The molecule has 1 heterocycles. The van der Waals surface area contributed by atoms with Gasteiger partial charge in [0.25, 0.3) is 0 Å². The molecule has 0 aliphatic carbocycles. The third-order valence-electron chi connectivity index (χ3n) is 3.60. The molecule has 2 heteroatoms. The number of rotatable bonds is 6. The van der Waals surface area contributed by atoms with Gasteiger partial charge in [-0.3, -0.25) is 0 Å². The number of para-hydroxylation sites is 1. The van der Waals surface area contributed by atoms with E-state index in [0.717, 1.165) is 6.54 Å². The van der Waals surface area contributed by atoms with Crippen molar-refractivity contribution in [1.82, 2.24) is 5.32 Å². The Bertz CT molecular complexity index is 349. The number of fused-ring (bicyclic) bond motifs is 1. The quantitative estimate of drug-likeness (QED) is 0.811. The summed E-state index contributed by atoms with van der Waals surface area (Å²) < 4.78 is 0. The van der Waals surface area contributed by atoms with Crippen LogP contribution in [0, 0.1) is 0 Å². The molecule has 2 rings (SSSR count). The fourth-order valence-electron chi connectivity index (χ4n) is 2.68. The lowest BCUT2D eigenvalue weighted by Gasteiger charge is -2.20. The molecule has 17 heavy (non-hydrogen) atoms. The number of benzene rings is 1. The summed E-state index contributed by atoms with van der Waals surface area (Å²) in [5, 5.41) is 3.47. The molecule has 1 aromatic rings. The first kappa shape index (κ1) is 12.4. The van der Waals surface area contributed by atoms with Crippen molar-refractivity contribution in [3.63, 3.8) is 0 Å². The number of nitrogens with zero attached hydrogens (tertiary/aromatic N) is 1. The van der Waals surface area contributed by atoms with Gasteiger partial charge in [0.15, 0.2) is 0 Å². The van der Waals surface area contributed by atoms with Crippen LogP contribution in [-0.2, 0) is 6.42 Å². The van der Waals surface area contributed by atoms with Gasteiger partial charge in [-0.2, -0.15) is 0 Å². The summed E-state index contributed by atoms with van der Waals surface area (Å²) in [5.41, 5.74) is 2.98. The molecule has 0 spiro atoms. The minimum absolute atomic E-state index is 0.651. The fourth-order valence-corrected chi connectivity index (χ4v) is 2.68. The summed E-state index contributed by atoms with van der Waals surface area (Å²) in [6, 6.07) is 9.47. The fraction of sp³-hybridized carbons (Fsp3) is 0.600. The molecule has 1 N–H and O–H groups in total. The minimum Gasteiger partial charge on any atom is -0.371 e. The van der Waals surface area contributed by atoms with Crippen molar-refractivity contribution < 1.29 is 0 Å². The van der Waals surface area contributed by atoms with Crippen LogP contribution in [0.25, 0.3) is 0 Å². The van der Waals surface area contributed by atoms with E-state index in [4.69, 9.17) is 0 Å². The Morgan fingerprint density at radius 2 is 2.18 bits per heavy atom. The van der Waals surface area contributed by atoms with Crippen LogP contribution in [-0.4, -0.2) is 25.7 Å². The van der Waals surface area contributed by atoms with Gasteiger partial charge >= 0.3 is 0 Å². The Hall–Kier alpha value is -1.02. The lowest BCUT2D eigenvalue weighted by Crippen LogP contribution is -2.28. The van der Waals surface area contributed by atoms with Gasteiger partial charge in [0.1, 0.15) is 0 Å². The van der Waals surface area contributed by atoms with Gasteiger partial charge in [-0.25, -0.2) is 0 Å². The van der Waals surface area contributed by atoms with Crippen LogP contribution in [0.15, 0.2) is 24.3 Å². The van der Waals surface area contributed by atoms with E-state index in [0.29, 0.717) is 6.04 Å². The minimum atomic E-state index is 0.651. The maximum absolute atomic E-state index is 3.47. The molecular weight excluding hydrogens is 208 g/mol. The van der Waals surface area contributed by atoms with E-state index < -0.39 is 0 Å². The third-order valence-corrected chi connectivity index (χ3v) is 3.60. The largest absolute Gasteiger partial charge is 0.371 e. The Kier molecular flexibility index (Phi) is 4.43. The second kappa shape index (κ2) is 6.06. The monoisotopic (exact) mass is 232 g/mol. The van der Waals surface area contributed by atoms with Gasteiger partial charge < -0.3 is 10.2 Å². The van der Waals surface area contributed by atoms with Crippen LogP contribution in [0.2, 0.25) is 0 Å². The van der Waals surface area contributed by atoms with Crippen LogP contribution in [0.1, 0.15) is 32.3 Å². The molecule has 0 amide bonds. The van der Waals surface area contributed by atoms with Crippen molar-refractivity contribution in [3.05, 3.63) is 29.8 Å². The van der Waals surface area contributed by atoms with Gasteiger partial charge in [-0.05, 0) is 44.4 Å². The topological polar surface area (TPSA) is 15.3 Å². The highest BCUT2D eigenvalue weighted by Gasteiger charge is 2.17. The van der Waals surface area contributed by atoms with Crippen molar-refractivity contribution in [2.75, 3.05) is 24.5 Å². The van der Waals surface area contributed by atoms with E-state index in [9.17, 15) is 0 Å². The summed E-state index contributed by atoms with van der Waals surface area (Å²) in [6.45, 7) is 7.93. The normalized spacial score (nSPS) is 16.0. The maximum Gasteiger partial charge on any atom is 0.0399 e. The second-order valence-electron chi connectivity index (χ2n) is 4.97. The lowest BCUT2D eigenvalue weighted by atomic mass is 10.1. The average Bonchev–Trinajstić information content (AvgIpc) is 2.73. The van der Waals surface area contributed by atoms with Gasteiger partial charge in [0, 0.05) is 24.8 Å². The van der Waals surface area contributed by atoms with E-state index in [2.05, 4.69) is 48.3 Å². The predicted octanol–water partition coefficient (Wildman–Crippen LogP) is 2.83. The van der Waals surface area contributed by atoms with E-state index in [1.807, 2.05) is 0 Å². The van der Waals surface area contributed by atoms with E-state index >= 15 is 0 Å². The molecule has 1 aliphatic rings. The summed E-state index contributed by atoms with van der Waals surface area (Å²) >= 11 is 0. The van der Waals surface area contributed by atoms with Crippen molar-refractivity contribution in [1.29, 1.82) is 0 Å². The van der Waals surface area contributed by atoms with Crippen LogP contribution >= 0.6 is 0 Å². The summed E-state index contributed by atoms with van der Waals surface area (Å²) in [7, 11) is 0. The first-order valence-electron chi connectivity index (χ1n) is 6.87. The van der Waals surface area contributed by atoms with Crippen LogP contribution in [0.3, 0.4) is 0 Å². The first-order valence-corrected chi connectivity index (χ1v) is 6.87. The molecule has 2 nitrogen and oxygen atoms in total. The molecule has 0 fully saturated rings. The molecule has 0 saturated carbocycles. The van der Waals surface area contributed by atoms with E-state index in [1.165, 1.54) is 43.6 Å². The van der Waals surface area contributed by atoms with Gasteiger partial charge in [-0.1, -0.05) is 25.1 Å². The highest BCUT2D eigenvalue weighted by Crippen LogP contribution is 2.27. The first-order chi connectivity index (χ1) is 8.31. The second-order valence-corrected chi connectivity index (χ2v) is 4.97. The van der Waals surface area contributed by atoms with Gasteiger partial charge in [0.05, 0.1) is 0 Å². The average molecular weight is 232 g/mol. The molecular formula is C15H24N2. The number of nitrogens with one attached hydrogen (secondary N) is 1. The molecule has 1 atom stereocenters. The van der Waals surface area contributed by atoms with Crippen LogP contribution in [0.4, 0.5) is 5.69 Å². The summed E-state index contributed by atoms with van der Waals surface area (Å²) in [4.78, 5) is 2.54.